The Balaban J connectivity index is 0.000000527. The molecule has 190 valence electrons. The highest BCUT2D eigenvalue weighted by Crippen LogP contribution is 2.39. The summed E-state index contributed by atoms with van der Waals surface area (Å²) < 4.78 is 31.3. The Hall–Kier alpha value is -1.84. The molecule has 35 heavy (non-hydrogen) atoms. The minimum atomic E-state index is -3.41. The van der Waals surface area contributed by atoms with Gasteiger partial charge in [0.15, 0.2) is 9.84 Å². The number of sulfone groups is 1. The van der Waals surface area contributed by atoms with Gasteiger partial charge in [-0.05, 0) is 73.8 Å². The van der Waals surface area contributed by atoms with Gasteiger partial charge in [-0.2, -0.15) is 0 Å². The molecule has 1 N–H and O–H groups in total. The third-order valence-corrected chi connectivity index (χ3v) is 9.44. The van der Waals surface area contributed by atoms with Crippen LogP contribution in [0.4, 0.5) is 0 Å². The van der Waals surface area contributed by atoms with Gasteiger partial charge in [0.25, 0.3) is 0 Å². The summed E-state index contributed by atoms with van der Waals surface area (Å²) in [4.78, 5) is 7.16. The van der Waals surface area contributed by atoms with E-state index < -0.39 is 9.84 Å². The van der Waals surface area contributed by atoms with Gasteiger partial charge in [0.2, 0.25) is 0 Å². The molecule has 1 aromatic heterocycles. The first-order valence-electron chi connectivity index (χ1n) is 12.7. The quantitative estimate of drug-likeness (QED) is 0.466. The Morgan fingerprint density at radius 3 is 2.60 bits per heavy atom. The number of nitrogens with zero attached hydrogens (tertiary/aromatic N) is 2. The smallest absolute Gasteiger partial charge is 0.184 e. The van der Waals surface area contributed by atoms with Gasteiger partial charge < -0.3 is 10.1 Å². The molecule has 2 aromatic carbocycles. The molecule has 0 radical (unpaired) electrons. The molecule has 0 saturated carbocycles. The minimum Gasteiger partial charge on any atom is -0.381 e. The summed E-state index contributed by atoms with van der Waals surface area (Å²) in [5.41, 5.74) is 1.32. The average molecular weight is 516 g/mol. The van der Waals surface area contributed by atoms with Crippen LogP contribution in [0.2, 0.25) is 0 Å². The van der Waals surface area contributed by atoms with E-state index in [4.69, 9.17) is 4.74 Å². The zero-order valence-electron chi connectivity index (χ0n) is 20.8. The van der Waals surface area contributed by atoms with Crippen molar-refractivity contribution < 1.29 is 13.2 Å². The number of thiazole rings is 1. The van der Waals surface area contributed by atoms with Crippen molar-refractivity contribution in [2.45, 2.75) is 62.3 Å². The molecule has 5 rings (SSSR count). The topological polar surface area (TPSA) is 71.5 Å². The van der Waals surface area contributed by atoms with Crippen LogP contribution in [0, 0.1) is 0 Å². The standard InChI is InChI=1S/C23H26N2O3S2.C4H11N/c26-30(27,16-23-24-10-14-29-23)19-6-7-20-17(15-19)3-1-4-21(20)22-5-2-11-25(22)18-8-12-28-13-9-18;1-3-5-4-2/h1,3-4,6-7,10,14-15,18,22H,2,5,8-9,11-13,16H2;5H,3-4H2,1-2H3/t22-;/m1./s1. The number of likely N-dealkylation sites (tertiary alicyclic amines) is 1. The van der Waals surface area contributed by atoms with Crippen molar-refractivity contribution in [3.63, 3.8) is 0 Å². The fraction of sp³-hybridized carbons (Fsp3) is 0.519. The lowest BCUT2D eigenvalue weighted by molar-refractivity contribution is 0.0293. The van der Waals surface area contributed by atoms with Crippen LogP contribution < -0.4 is 5.32 Å². The summed E-state index contributed by atoms with van der Waals surface area (Å²) >= 11 is 1.38. The summed E-state index contributed by atoms with van der Waals surface area (Å²) in [6.45, 7) is 9.22. The second kappa shape index (κ2) is 12.4. The fourth-order valence-electron chi connectivity index (χ4n) is 5.17. The largest absolute Gasteiger partial charge is 0.381 e. The van der Waals surface area contributed by atoms with Crippen LogP contribution in [0.5, 0.6) is 0 Å². The lowest BCUT2D eigenvalue weighted by atomic mass is 9.95. The van der Waals surface area contributed by atoms with Crippen LogP contribution in [0.1, 0.15) is 56.1 Å². The molecule has 0 spiro atoms. The molecule has 0 aliphatic carbocycles. The number of aromatic nitrogens is 1. The van der Waals surface area contributed by atoms with Gasteiger partial charge in [0.1, 0.15) is 10.8 Å². The van der Waals surface area contributed by atoms with Gasteiger partial charge in [-0.15, -0.1) is 11.3 Å². The minimum absolute atomic E-state index is 0.0456. The maximum Gasteiger partial charge on any atom is 0.184 e. The maximum atomic E-state index is 12.9. The highest BCUT2D eigenvalue weighted by Gasteiger charge is 2.33. The lowest BCUT2D eigenvalue weighted by Gasteiger charge is -2.36. The highest BCUT2D eigenvalue weighted by molar-refractivity contribution is 7.90. The van der Waals surface area contributed by atoms with Gasteiger partial charge in [-0.25, -0.2) is 13.4 Å². The predicted octanol–water partition coefficient (Wildman–Crippen LogP) is 5.20. The monoisotopic (exact) mass is 515 g/mol. The van der Waals surface area contributed by atoms with Crippen LogP contribution in [-0.2, 0) is 20.3 Å². The first-order valence-corrected chi connectivity index (χ1v) is 15.2. The molecule has 3 heterocycles. The summed E-state index contributed by atoms with van der Waals surface area (Å²) in [5.74, 6) is -0.0456. The molecule has 0 amide bonds. The van der Waals surface area contributed by atoms with Gasteiger partial charge in [0, 0.05) is 36.9 Å². The number of ether oxygens (including phenoxy) is 1. The highest BCUT2D eigenvalue weighted by atomic mass is 32.2. The van der Waals surface area contributed by atoms with Crippen molar-refractivity contribution in [1.29, 1.82) is 0 Å². The molecular formula is C27H37N3O3S2. The zero-order valence-corrected chi connectivity index (χ0v) is 22.4. The molecule has 2 aliphatic rings. The number of fused-ring (bicyclic) bond motifs is 1. The fourth-order valence-corrected chi connectivity index (χ4v) is 7.45. The molecule has 3 aromatic rings. The van der Waals surface area contributed by atoms with Crippen LogP contribution in [0.3, 0.4) is 0 Å². The average Bonchev–Trinajstić information content (AvgIpc) is 3.57. The Kier molecular flexibility index (Phi) is 9.30. The van der Waals surface area contributed by atoms with Crippen LogP contribution >= 0.6 is 11.3 Å². The van der Waals surface area contributed by atoms with Crippen molar-refractivity contribution in [2.75, 3.05) is 32.8 Å². The number of hydrogen-bond donors (Lipinski definition) is 1. The van der Waals surface area contributed by atoms with Crippen LogP contribution in [0.15, 0.2) is 52.9 Å². The number of nitrogens with one attached hydrogen (secondary N) is 1. The number of hydrogen-bond acceptors (Lipinski definition) is 7. The van der Waals surface area contributed by atoms with Gasteiger partial charge in [-0.1, -0.05) is 38.1 Å². The Labute approximate surface area is 213 Å². The molecule has 8 heteroatoms. The molecular weight excluding hydrogens is 478 g/mol. The molecule has 2 aliphatic heterocycles. The zero-order chi connectivity index (χ0) is 24.7. The first-order chi connectivity index (χ1) is 17.0. The van der Waals surface area contributed by atoms with Crippen molar-refractivity contribution in [3.8, 4) is 0 Å². The second-order valence-electron chi connectivity index (χ2n) is 9.11. The van der Waals surface area contributed by atoms with Crippen LogP contribution in [0.25, 0.3) is 10.8 Å². The Morgan fingerprint density at radius 1 is 1.11 bits per heavy atom. The van der Waals surface area contributed by atoms with Crippen molar-refractivity contribution in [2.24, 2.45) is 0 Å². The third-order valence-electron chi connectivity index (χ3n) is 6.85. The Morgan fingerprint density at radius 2 is 1.91 bits per heavy atom. The summed E-state index contributed by atoms with van der Waals surface area (Å²) in [5, 5.41) is 7.70. The molecule has 1 atom stereocenters. The number of rotatable bonds is 7. The van der Waals surface area contributed by atoms with E-state index in [-0.39, 0.29) is 5.75 Å². The summed E-state index contributed by atoms with van der Waals surface area (Å²) in [7, 11) is -3.41. The second-order valence-corrected chi connectivity index (χ2v) is 12.1. The summed E-state index contributed by atoms with van der Waals surface area (Å²) in [6, 6.07) is 12.9. The van der Waals surface area contributed by atoms with E-state index in [0.29, 0.717) is 22.0 Å². The third kappa shape index (κ3) is 6.49. The molecule has 6 nitrogen and oxygen atoms in total. The number of benzene rings is 2. The van der Waals surface area contributed by atoms with E-state index in [0.717, 1.165) is 62.9 Å². The van der Waals surface area contributed by atoms with Crippen LogP contribution in [-0.4, -0.2) is 57.2 Å². The molecule has 0 bridgehead atoms. The van der Waals surface area contributed by atoms with Crippen molar-refractivity contribution >= 4 is 31.9 Å². The lowest BCUT2D eigenvalue weighted by Crippen LogP contribution is -2.39. The van der Waals surface area contributed by atoms with Crippen molar-refractivity contribution in [1.82, 2.24) is 15.2 Å². The van der Waals surface area contributed by atoms with E-state index in [1.807, 2.05) is 23.6 Å². The molecule has 2 fully saturated rings. The van der Waals surface area contributed by atoms with E-state index in [1.165, 1.54) is 23.3 Å². The SMILES string of the molecule is CCNCC.O=S(=O)(Cc1nccs1)c1ccc2c([C@H]3CCCN3C3CCOCC3)cccc2c1. The Bertz CT molecular complexity index is 1170. The van der Waals surface area contributed by atoms with Crippen molar-refractivity contribution in [3.05, 3.63) is 58.5 Å². The predicted molar refractivity (Wildman–Crippen MR) is 144 cm³/mol. The van der Waals surface area contributed by atoms with E-state index >= 15 is 0 Å². The molecule has 2 saturated heterocycles. The first kappa shape index (κ1) is 26.2. The van der Waals surface area contributed by atoms with E-state index in [9.17, 15) is 8.42 Å². The van der Waals surface area contributed by atoms with Gasteiger partial charge in [-0.3, -0.25) is 4.90 Å². The van der Waals surface area contributed by atoms with Gasteiger partial charge >= 0.3 is 0 Å². The summed E-state index contributed by atoms with van der Waals surface area (Å²) in [6.07, 6.45) is 6.20. The molecule has 0 unspecified atom stereocenters. The van der Waals surface area contributed by atoms with E-state index in [1.54, 1.807) is 12.3 Å². The van der Waals surface area contributed by atoms with Gasteiger partial charge in [0.05, 0.1) is 4.90 Å². The van der Waals surface area contributed by atoms with E-state index in [2.05, 4.69) is 41.2 Å². The maximum absolute atomic E-state index is 12.9. The normalized spacial score (nSPS) is 19.5.